The van der Waals surface area contributed by atoms with Crippen molar-refractivity contribution in [3.63, 3.8) is 0 Å². The first kappa shape index (κ1) is 13.1. The van der Waals surface area contributed by atoms with Gasteiger partial charge in [-0.2, -0.15) is 4.98 Å². The van der Waals surface area contributed by atoms with Crippen LogP contribution in [0.1, 0.15) is 0 Å². The molecule has 0 atom stereocenters. The lowest BCUT2D eigenvalue weighted by atomic mass is 10.1. The first-order valence-corrected chi connectivity index (χ1v) is 6.96. The quantitative estimate of drug-likeness (QED) is 0.696. The van der Waals surface area contributed by atoms with Crippen LogP contribution < -0.4 is 5.73 Å². The van der Waals surface area contributed by atoms with Gasteiger partial charge in [-0.15, -0.1) is 0 Å². The fourth-order valence-electron chi connectivity index (χ4n) is 1.81. The molecule has 4 nitrogen and oxygen atoms in total. The summed E-state index contributed by atoms with van der Waals surface area (Å²) < 4.78 is 6.08. The van der Waals surface area contributed by atoms with Gasteiger partial charge < -0.3 is 10.3 Å². The summed E-state index contributed by atoms with van der Waals surface area (Å²) in [6, 6.07) is 12.7. The summed E-state index contributed by atoms with van der Waals surface area (Å²) >= 11 is 9.34. The van der Waals surface area contributed by atoms with Gasteiger partial charge in [-0.05, 0) is 46.3 Å². The number of rotatable bonds is 2. The van der Waals surface area contributed by atoms with E-state index in [9.17, 15) is 0 Å². The Labute approximate surface area is 128 Å². The molecule has 0 amide bonds. The second kappa shape index (κ2) is 5.26. The van der Waals surface area contributed by atoms with E-state index in [1.165, 1.54) is 0 Å². The molecule has 6 heteroatoms. The van der Waals surface area contributed by atoms with Crippen LogP contribution in [0.25, 0.3) is 22.8 Å². The SMILES string of the molecule is Nc1ccccc1-c1noc(-c2ccc(Cl)cc2Br)n1. The van der Waals surface area contributed by atoms with Crippen LogP contribution in [0.5, 0.6) is 0 Å². The second-order valence-electron chi connectivity index (χ2n) is 4.13. The molecule has 2 aromatic carbocycles. The predicted octanol–water partition coefficient (Wildman–Crippen LogP) is 4.40. The first-order valence-electron chi connectivity index (χ1n) is 5.79. The topological polar surface area (TPSA) is 64.9 Å². The normalized spacial score (nSPS) is 10.7. The van der Waals surface area contributed by atoms with Crippen molar-refractivity contribution in [3.05, 3.63) is 52.0 Å². The van der Waals surface area contributed by atoms with Crippen molar-refractivity contribution < 1.29 is 4.52 Å². The van der Waals surface area contributed by atoms with Gasteiger partial charge in [-0.1, -0.05) is 28.9 Å². The Morgan fingerprint density at radius 3 is 2.65 bits per heavy atom. The molecule has 0 aliphatic carbocycles. The number of nitrogens with two attached hydrogens (primary N) is 1. The maximum absolute atomic E-state index is 5.91. The maximum Gasteiger partial charge on any atom is 0.259 e. The zero-order valence-corrected chi connectivity index (χ0v) is 12.5. The third kappa shape index (κ3) is 2.42. The Kier molecular flexibility index (Phi) is 3.46. The molecule has 0 unspecified atom stereocenters. The van der Waals surface area contributed by atoms with E-state index in [0.717, 1.165) is 15.6 Å². The third-order valence-electron chi connectivity index (χ3n) is 2.79. The van der Waals surface area contributed by atoms with E-state index in [4.69, 9.17) is 21.9 Å². The van der Waals surface area contributed by atoms with Gasteiger partial charge in [0.25, 0.3) is 5.89 Å². The van der Waals surface area contributed by atoms with Crippen LogP contribution in [0.4, 0.5) is 5.69 Å². The summed E-state index contributed by atoms with van der Waals surface area (Å²) in [5.74, 6) is 0.867. The Hall–Kier alpha value is -1.85. The van der Waals surface area contributed by atoms with E-state index in [0.29, 0.717) is 22.4 Å². The molecule has 0 fully saturated rings. The fourth-order valence-corrected chi connectivity index (χ4v) is 2.66. The molecule has 100 valence electrons. The van der Waals surface area contributed by atoms with E-state index < -0.39 is 0 Å². The largest absolute Gasteiger partial charge is 0.398 e. The van der Waals surface area contributed by atoms with E-state index >= 15 is 0 Å². The number of anilines is 1. The molecule has 2 N–H and O–H groups in total. The summed E-state index contributed by atoms with van der Waals surface area (Å²) in [7, 11) is 0. The Balaban J connectivity index is 2.04. The van der Waals surface area contributed by atoms with E-state index in [1.54, 1.807) is 18.2 Å². The van der Waals surface area contributed by atoms with Crippen molar-refractivity contribution in [2.24, 2.45) is 0 Å². The van der Waals surface area contributed by atoms with Gasteiger partial charge in [-0.3, -0.25) is 0 Å². The van der Waals surface area contributed by atoms with Gasteiger partial charge in [0, 0.05) is 20.7 Å². The molecular formula is C14H9BrClN3O. The highest BCUT2D eigenvalue weighted by molar-refractivity contribution is 9.10. The average Bonchev–Trinajstić information content (AvgIpc) is 2.88. The van der Waals surface area contributed by atoms with Crippen LogP contribution >= 0.6 is 27.5 Å². The number of hydrogen-bond acceptors (Lipinski definition) is 4. The number of hydrogen-bond donors (Lipinski definition) is 1. The predicted molar refractivity (Wildman–Crippen MR) is 82.3 cm³/mol. The first-order chi connectivity index (χ1) is 9.65. The van der Waals surface area contributed by atoms with E-state index in [2.05, 4.69) is 26.1 Å². The molecule has 0 saturated carbocycles. The fraction of sp³-hybridized carbons (Fsp3) is 0. The Morgan fingerprint density at radius 1 is 1.10 bits per heavy atom. The Bertz CT molecular complexity index is 773. The lowest BCUT2D eigenvalue weighted by Crippen LogP contribution is -1.90. The molecule has 3 aromatic rings. The molecule has 3 rings (SSSR count). The molecule has 0 bridgehead atoms. The van der Waals surface area contributed by atoms with Crippen LogP contribution in [0.3, 0.4) is 0 Å². The molecule has 0 aliphatic rings. The third-order valence-corrected chi connectivity index (χ3v) is 3.68. The number of nitrogen functional groups attached to an aromatic ring is 1. The highest BCUT2D eigenvalue weighted by Gasteiger charge is 2.14. The minimum atomic E-state index is 0.409. The van der Waals surface area contributed by atoms with Crippen LogP contribution in [0.2, 0.25) is 5.02 Å². The highest BCUT2D eigenvalue weighted by Crippen LogP contribution is 2.31. The molecule has 20 heavy (non-hydrogen) atoms. The van der Waals surface area contributed by atoms with Gasteiger partial charge in [-0.25, -0.2) is 0 Å². The minimum Gasteiger partial charge on any atom is -0.398 e. The summed E-state index contributed by atoms with van der Waals surface area (Å²) in [6.07, 6.45) is 0. The highest BCUT2D eigenvalue weighted by atomic mass is 79.9. The van der Waals surface area contributed by atoms with Gasteiger partial charge in [0.2, 0.25) is 5.82 Å². The van der Waals surface area contributed by atoms with Crippen molar-refractivity contribution in [1.29, 1.82) is 0 Å². The van der Waals surface area contributed by atoms with Gasteiger partial charge in [0.15, 0.2) is 0 Å². The summed E-state index contributed by atoms with van der Waals surface area (Å²) in [4.78, 5) is 4.37. The van der Waals surface area contributed by atoms with Crippen LogP contribution in [-0.2, 0) is 0 Å². The van der Waals surface area contributed by atoms with Crippen molar-refractivity contribution >= 4 is 33.2 Å². The van der Waals surface area contributed by atoms with Crippen molar-refractivity contribution in [3.8, 4) is 22.8 Å². The van der Waals surface area contributed by atoms with Crippen molar-refractivity contribution in [1.82, 2.24) is 10.1 Å². The zero-order valence-electron chi connectivity index (χ0n) is 10.2. The molecule has 0 spiro atoms. The van der Waals surface area contributed by atoms with Crippen LogP contribution in [0, 0.1) is 0 Å². The average molecular weight is 351 g/mol. The van der Waals surface area contributed by atoms with E-state index in [1.807, 2.05) is 24.3 Å². The summed E-state index contributed by atoms with van der Waals surface area (Å²) in [5.41, 5.74) is 8.03. The zero-order chi connectivity index (χ0) is 14.1. The second-order valence-corrected chi connectivity index (χ2v) is 5.43. The van der Waals surface area contributed by atoms with Crippen LogP contribution in [0.15, 0.2) is 51.5 Å². The van der Waals surface area contributed by atoms with Gasteiger partial charge >= 0.3 is 0 Å². The number of nitrogens with zero attached hydrogens (tertiary/aromatic N) is 2. The Morgan fingerprint density at radius 2 is 1.90 bits per heavy atom. The number of benzene rings is 2. The van der Waals surface area contributed by atoms with Crippen LogP contribution in [-0.4, -0.2) is 10.1 Å². The number of para-hydroxylation sites is 1. The molecule has 1 heterocycles. The molecule has 1 aromatic heterocycles. The lowest BCUT2D eigenvalue weighted by molar-refractivity contribution is 0.432. The van der Waals surface area contributed by atoms with Crippen molar-refractivity contribution in [2.45, 2.75) is 0 Å². The van der Waals surface area contributed by atoms with Crippen molar-refractivity contribution in [2.75, 3.05) is 5.73 Å². The molecule has 0 aliphatic heterocycles. The van der Waals surface area contributed by atoms with Gasteiger partial charge in [0.05, 0.1) is 5.56 Å². The summed E-state index contributed by atoms with van der Waals surface area (Å²) in [5, 5.41) is 4.60. The standard InChI is InChI=1S/C14H9BrClN3O/c15-11-7-8(16)5-6-9(11)14-18-13(19-20-14)10-3-1-2-4-12(10)17/h1-7H,17H2. The smallest absolute Gasteiger partial charge is 0.259 e. The molecule has 0 radical (unpaired) electrons. The summed E-state index contributed by atoms with van der Waals surface area (Å²) in [6.45, 7) is 0. The molecule has 0 saturated heterocycles. The van der Waals surface area contributed by atoms with Gasteiger partial charge in [0.1, 0.15) is 0 Å². The maximum atomic E-state index is 5.91. The minimum absolute atomic E-state index is 0.409. The monoisotopic (exact) mass is 349 g/mol. The lowest BCUT2D eigenvalue weighted by Gasteiger charge is -1.99. The number of aromatic nitrogens is 2. The molecular weight excluding hydrogens is 342 g/mol. The van der Waals surface area contributed by atoms with E-state index in [-0.39, 0.29) is 0 Å². The number of halogens is 2.